The summed E-state index contributed by atoms with van der Waals surface area (Å²) in [5.41, 5.74) is 4.73. The standard InChI is InChI=1S/C25H22FN3O2/c1-31-19-6-4-5-18(15-19)27-25(30)29-14-13-21-20-7-2-3-8-22(20)28-23(21)24(29)16-9-11-17(26)12-10-16/h2-12,15,24,28H,13-14H2,1H3,(H,27,30)/t24-/m1/s1. The van der Waals surface area contributed by atoms with E-state index in [-0.39, 0.29) is 17.9 Å². The lowest BCUT2D eigenvalue weighted by Crippen LogP contribution is -2.43. The van der Waals surface area contributed by atoms with Crippen molar-refractivity contribution < 1.29 is 13.9 Å². The molecule has 0 saturated heterocycles. The maximum Gasteiger partial charge on any atom is 0.322 e. The van der Waals surface area contributed by atoms with Gasteiger partial charge in [-0.05, 0) is 47.9 Å². The smallest absolute Gasteiger partial charge is 0.322 e. The van der Waals surface area contributed by atoms with E-state index in [0.717, 1.165) is 28.6 Å². The molecule has 4 aromatic rings. The van der Waals surface area contributed by atoms with Crippen molar-refractivity contribution in [1.82, 2.24) is 9.88 Å². The van der Waals surface area contributed by atoms with Gasteiger partial charge >= 0.3 is 6.03 Å². The van der Waals surface area contributed by atoms with Gasteiger partial charge in [-0.2, -0.15) is 0 Å². The Morgan fingerprint density at radius 1 is 1.10 bits per heavy atom. The monoisotopic (exact) mass is 415 g/mol. The van der Waals surface area contributed by atoms with Gasteiger partial charge in [-0.15, -0.1) is 0 Å². The van der Waals surface area contributed by atoms with E-state index in [1.54, 1.807) is 30.2 Å². The van der Waals surface area contributed by atoms with Crippen LogP contribution in [-0.4, -0.2) is 29.6 Å². The first-order chi connectivity index (χ1) is 15.1. The van der Waals surface area contributed by atoms with Crippen LogP contribution < -0.4 is 10.1 Å². The van der Waals surface area contributed by atoms with Gasteiger partial charge in [0.25, 0.3) is 0 Å². The van der Waals surface area contributed by atoms with Gasteiger partial charge in [0.05, 0.1) is 13.2 Å². The Balaban J connectivity index is 1.55. The van der Waals surface area contributed by atoms with Crippen LogP contribution in [0.3, 0.4) is 0 Å². The average Bonchev–Trinajstić information content (AvgIpc) is 3.18. The fraction of sp³-hybridized carbons (Fsp3) is 0.160. The first-order valence-electron chi connectivity index (χ1n) is 10.2. The summed E-state index contributed by atoms with van der Waals surface area (Å²) in [5, 5.41) is 4.15. The molecule has 2 heterocycles. The normalized spacial score (nSPS) is 15.5. The molecule has 0 aliphatic carbocycles. The molecule has 156 valence electrons. The van der Waals surface area contributed by atoms with Crippen LogP contribution in [0.25, 0.3) is 10.9 Å². The number of rotatable bonds is 3. The zero-order valence-corrected chi connectivity index (χ0v) is 17.1. The minimum absolute atomic E-state index is 0.216. The number of halogens is 1. The van der Waals surface area contributed by atoms with Crippen molar-refractivity contribution in [2.45, 2.75) is 12.5 Å². The maximum absolute atomic E-state index is 13.6. The summed E-state index contributed by atoms with van der Waals surface area (Å²) in [6.45, 7) is 0.548. The molecule has 1 aliphatic heterocycles. The number of nitrogens with one attached hydrogen (secondary N) is 2. The highest BCUT2D eigenvalue weighted by atomic mass is 19.1. The molecule has 0 unspecified atom stereocenters. The zero-order chi connectivity index (χ0) is 21.4. The van der Waals surface area contributed by atoms with Crippen LogP contribution >= 0.6 is 0 Å². The molecule has 5 rings (SSSR count). The van der Waals surface area contributed by atoms with Gasteiger partial charge in [0.1, 0.15) is 11.6 Å². The second-order valence-corrected chi connectivity index (χ2v) is 7.62. The highest BCUT2D eigenvalue weighted by Crippen LogP contribution is 2.38. The molecule has 31 heavy (non-hydrogen) atoms. The maximum atomic E-state index is 13.6. The quantitative estimate of drug-likeness (QED) is 0.465. The first kappa shape index (κ1) is 19.2. The number of urea groups is 1. The minimum atomic E-state index is -0.345. The van der Waals surface area contributed by atoms with Gasteiger partial charge in [-0.25, -0.2) is 9.18 Å². The van der Waals surface area contributed by atoms with Crippen molar-refractivity contribution in [3.8, 4) is 5.75 Å². The highest BCUT2D eigenvalue weighted by molar-refractivity contribution is 5.91. The Labute approximate surface area is 179 Å². The van der Waals surface area contributed by atoms with Crippen LogP contribution in [0.2, 0.25) is 0 Å². The number of H-pyrrole nitrogens is 1. The number of aromatic nitrogens is 1. The van der Waals surface area contributed by atoms with Crippen molar-refractivity contribution in [2.75, 3.05) is 19.0 Å². The molecule has 3 aromatic carbocycles. The molecular formula is C25H22FN3O2. The molecule has 0 bridgehead atoms. The number of nitrogens with zero attached hydrogens (tertiary/aromatic N) is 1. The van der Waals surface area contributed by atoms with E-state index in [1.165, 1.54) is 17.7 Å². The second-order valence-electron chi connectivity index (χ2n) is 7.62. The highest BCUT2D eigenvalue weighted by Gasteiger charge is 2.34. The van der Waals surface area contributed by atoms with E-state index in [0.29, 0.717) is 18.0 Å². The topological polar surface area (TPSA) is 57.4 Å². The van der Waals surface area contributed by atoms with Crippen molar-refractivity contribution in [1.29, 1.82) is 0 Å². The number of amides is 2. The largest absolute Gasteiger partial charge is 0.497 e. The van der Waals surface area contributed by atoms with Crippen LogP contribution in [0.5, 0.6) is 5.75 Å². The Bertz CT molecular complexity index is 1250. The number of carbonyl (C=O) groups excluding carboxylic acids is 1. The molecule has 1 aromatic heterocycles. The lowest BCUT2D eigenvalue weighted by molar-refractivity contribution is 0.193. The summed E-state index contributed by atoms with van der Waals surface area (Å²) in [7, 11) is 1.59. The van der Waals surface area contributed by atoms with E-state index in [9.17, 15) is 9.18 Å². The van der Waals surface area contributed by atoms with Gasteiger partial charge in [0.15, 0.2) is 0 Å². The number of aromatic amines is 1. The molecule has 0 radical (unpaired) electrons. The predicted octanol–water partition coefficient (Wildman–Crippen LogP) is 5.50. The molecule has 1 atom stereocenters. The van der Waals surface area contributed by atoms with Crippen LogP contribution in [0.15, 0.2) is 72.8 Å². The molecule has 5 nitrogen and oxygen atoms in total. The molecule has 2 N–H and O–H groups in total. The van der Waals surface area contributed by atoms with Crippen LogP contribution in [0, 0.1) is 5.82 Å². The van der Waals surface area contributed by atoms with Crippen molar-refractivity contribution in [3.05, 3.63) is 95.4 Å². The summed E-state index contributed by atoms with van der Waals surface area (Å²) in [4.78, 5) is 18.6. The third-order valence-corrected chi connectivity index (χ3v) is 5.80. The molecule has 6 heteroatoms. The lowest BCUT2D eigenvalue weighted by Gasteiger charge is -2.36. The first-order valence-corrected chi connectivity index (χ1v) is 10.2. The Kier molecular flexibility index (Phi) is 4.82. The van der Waals surface area contributed by atoms with Crippen molar-refractivity contribution in [2.24, 2.45) is 0 Å². The Morgan fingerprint density at radius 3 is 2.71 bits per heavy atom. The molecular weight excluding hydrogens is 393 g/mol. The summed E-state index contributed by atoms with van der Waals surface area (Å²) in [5.74, 6) is 0.369. The van der Waals surface area contributed by atoms with E-state index in [4.69, 9.17) is 4.74 Å². The average molecular weight is 415 g/mol. The lowest BCUT2D eigenvalue weighted by atomic mass is 9.92. The number of hydrogen-bond acceptors (Lipinski definition) is 2. The second kappa shape index (κ2) is 7.80. The fourth-order valence-electron chi connectivity index (χ4n) is 4.35. The number of fused-ring (bicyclic) bond motifs is 3. The number of methoxy groups -OCH3 is 1. The number of para-hydroxylation sites is 1. The van der Waals surface area contributed by atoms with Crippen LogP contribution in [-0.2, 0) is 6.42 Å². The zero-order valence-electron chi connectivity index (χ0n) is 17.1. The number of benzene rings is 3. The van der Waals surface area contributed by atoms with Gasteiger partial charge < -0.3 is 19.9 Å². The van der Waals surface area contributed by atoms with Crippen LogP contribution in [0.1, 0.15) is 22.9 Å². The van der Waals surface area contributed by atoms with Crippen molar-refractivity contribution in [3.63, 3.8) is 0 Å². The molecule has 0 fully saturated rings. The number of hydrogen-bond donors (Lipinski definition) is 2. The Hall–Kier alpha value is -3.80. The van der Waals surface area contributed by atoms with E-state index in [1.807, 2.05) is 36.4 Å². The SMILES string of the molecule is COc1cccc(NC(=O)N2CCc3c([nH]c4ccccc34)[C@H]2c2ccc(F)cc2)c1. The molecule has 0 saturated carbocycles. The summed E-state index contributed by atoms with van der Waals surface area (Å²) < 4.78 is 18.9. The third kappa shape index (κ3) is 3.50. The van der Waals surface area contributed by atoms with E-state index in [2.05, 4.69) is 16.4 Å². The fourth-order valence-corrected chi connectivity index (χ4v) is 4.35. The number of ether oxygens (including phenoxy) is 1. The van der Waals surface area contributed by atoms with Gasteiger partial charge in [0, 0.05) is 34.9 Å². The van der Waals surface area contributed by atoms with Gasteiger partial charge in [-0.3, -0.25) is 0 Å². The van der Waals surface area contributed by atoms with Crippen molar-refractivity contribution >= 4 is 22.6 Å². The summed E-state index contributed by atoms with van der Waals surface area (Å²) in [6.07, 6.45) is 0.739. The molecule has 1 aliphatic rings. The molecule has 0 spiro atoms. The van der Waals surface area contributed by atoms with E-state index < -0.39 is 0 Å². The van der Waals surface area contributed by atoms with Crippen LogP contribution in [0.4, 0.5) is 14.9 Å². The molecule has 2 amide bonds. The van der Waals surface area contributed by atoms with E-state index >= 15 is 0 Å². The number of carbonyl (C=O) groups is 1. The van der Waals surface area contributed by atoms with Gasteiger partial charge in [-0.1, -0.05) is 36.4 Å². The summed E-state index contributed by atoms with van der Waals surface area (Å²) >= 11 is 0. The summed E-state index contributed by atoms with van der Waals surface area (Å²) in [6, 6.07) is 21.2. The predicted molar refractivity (Wildman–Crippen MR) is 119 cm³/mol. The third-order valence-electron chi connectivity index (χ3n) is 5.80. The minimum Gasteiger partial charge on any atom is -0.497 e. The van der Waals surface area contributed by atoms with Gasteiger partial charge in [0.2, 0.25) is 0 Å². The number of anilines is 1. The Morgan fingerprint density at radius 2 is 1.90 bits per heavy atom.